The van der Waals surface area contributed by atoms with Gasteiger partial charge in [0.25, 0.3) is 0 Å². The van der Waals surface area contributed by atoms with Gasteiger partial charge in [-0.1, -0.05) is 11.6 Å². The third-order valence-electron chi connectivity index (χ3n) is 2.72. The summed E-state index contributed by atoms with van der Waals surface area (Å²) in [6.07, 6.45) is -4.32. The molecule has 0 aromatic carbocycles. The number of aromatic nitrogens is 2. The van der Waals surface area contributed by atoms with E-state index in [9.17, 15) is 22.8 Å². The van der Waals surface area contributed by atoms with Crippen LogP contribution in [0.1, 0.15) is 27.6 Å². The minimum Gasteiger partial charge on any atom is -0.478 e. The molecule has 2 aromatic rings. The molecule has 2 heterocycles. The van der Waals surface area contributed by atoms with Crippen molar-refractivity contribution in [1.29, 1.82) is 0 Å². The first-order chi connectivity index (χ1) is 12.0. The Morgan fingerprint density at radius 1 is 1.04 bits per heavy atom. The molecule has 0 bridgehead atoms. The molecule has 0 aliphatic carbocycles. The zero-order chi connectivity index (χ0) is 19.9. The van der Waals surface area contributed by atoms with Crippen molar-refractivity contribution in [2.24, 2.45) is 0 Å². The quantitative estimate of drug-likeness (QED) is 0.766. The van der Waals surface area contributed by atoms with Crippen molar-refractivity contribution in [1.82, 2.24) is 9.97 Å². The lowest BCUT2D eigenvalue weighted by atomic mass is 10.3. The Balaban J connectivity index is 0.000000289. The van der Waals surface area contributed by atoms with E-state index in [4.69, 9.17) is 21.8 Å². The highest BCUT2D eigenvalue weighted by Gasteiger charge is 2.38. The minimum absolute atomic E-state index is 0.119. The van der Waals surface area contributed by atoms with Crippen LogP contribution in [0.4, 0.5) is 13.2 Å². The van der Waals surface area contributed by atoms with Crippen molar-refractivity contribution in [2.45, 2.75) is 19.2 Å². The van der Waals surface area contributed by atoms with Crippen LogP contribution < -0.4 is 4.74 Å². The number of pyridine rings is 2. The summed E-state index contributed by atoms with van der Waals surface area (Å²) < 4.78 is 40.8. The van der Waals surface area contributed by atoms with E-state index < -0.39 is 24.2 Å². The molecule has 0 aliphatic rings. The van der Waals surface area contributed by atoms with E-state index in [1.54, 1.807) is 0 Å². The lowest BCUT2D eigenvalue weighted by molar-refractivity contribution is -0.189. The number of carbonyl (C=O) groups is 2. The minimum atomic E-state index is -4.48. The fourth-order valence-corrected chi connectivity index (χ4v) is 1.44. The molecule has 140 valence electrons. The Labute approximate surface area is 150 Å². The van der Waals surface area contributed by atoms with E-state index in [-0.39, 0.29) is 17.0 Å². The molecule has 11 heteroatoms. The van der Waals surface area contributed by atoms with Gasteiger partial charge in [0.05, 0.1) is 11.1 Å². The molecule has 1 unspecified atom stereocenters. The molecule has 2 rings (SSSR count). The lowest BCUT2D eigenvalue weighted by Crippen LogP contribution is -2.31. The molecular formula is C15H12ClF3N2O5. The largest absolute Gasteiger partial charge is 0.478 e. The van der Waals surface area contributed by atoms with Gasteiger partial charge in [-0.15, -0.1) is 0 Å². The van der Waals surface area contributed by atoms with E-state index >= 15 is 0 Å². The highest BCUT2D eigenvalue weighted by molar-refractivity contribution is 6.29. The summed E-state index contributed by atoms with van der Waals surface area (Å²) in [6, 6.07) is 5.03. The zero-order valence-electron chi connectivity index (χ0n) is 13.1. The Hall–Kier alpha value is -2.88. The van der Waals surface area contributed by atoms with Crippen molar-refractivity contribution in [2.75, 3.05) is 0 Å². The van der Waals surface area contributed by atoms with Crippen molar-refractivity contribution >= 4 is 23.5 Å². The normalized spacial score (nSPS) is 11.7. The van der Waals surface area contributed by atoms with Crippen LogP contribution in [0.25, 0.3) is 0 Å². The van der Waals surface area contributed by atoms with Gasteiger partial charge in [-0.05, 0) is 25.1 Å². The summed E-state index contributed by atoms with van der Waals surface area (Å²) in [4.78, 5) is 27.7. The second-order valence-corrected chi connectivity index (χ2v) is 5.05. The summed E-state index contributed by atoms with van der Waals surface area (Å²) in [7, 11) is 0. The molecular weight excluding hydrogens is 381 g/mol. The van der Waals surface area contributed by atoms with Gasteiger partial charge in [-0.25, -0.2) is 19.6 Å². The van der Waals surface area contributed by atoms with Crippen LogP contribution >= 0.6 is 11.6 Å². The van der Waals surface area contributed by atoms with Crippen LogP contribution in [0, 0.1) is 0 Å². The highest BCUT2D eigenvalue weighted by atomic mass is 35.5. The van der Waals surface area contributed by atoms with E-state index in [2.05, 4.69) is 14.7 Å². The standard InChI is InChI=1S/C9H8F3NO3.C6H4ClNO2/c1-5(9(10,11)12)16-7-3-2-6(4-13-7)8(14)15;7-5-2-1-4(3-8-5)6(9)10/h2-5H,1H3,(H,14,15);1-3H,(H,9,10). The van der Waals surface area contributed by atoms with E-state index in [1.807, 2.05) is 0 Å². The molecule has 2 N–H and O–H groups in total. The zero-order valence-corrected chi connectivity index (χ0v) is 13.8. The third kappa shape index (κ3) is 6.93. The maximum atomic E-state index is 12.1. The van der Waals surface area contributed by atoms with Gasteiger partial charge in [-0.2, -0.15) is 13.2 Å². The third-order valence-corrected chi connectivity index (χ3v) is 2.94. The Kier molecular flexibility index (Phi) is 7.32. The Morgan fingerprint density at radius 2 is 1.54 bits per heavy atom. The van der Waals surface area contributed by atoms with E-state index in [0.717, 1.165) is 25.3 Å². The predicted octanol–water partition coefficient (Wildman–Crippen LogP) is 3.54. The van der Waals surface area contributed by atoms with E-state index in [1.165, 1.54) is 18.3 Å². The Bertz CT molecular complexity index is 751. The fourth-order valence-electron chi connectivity index (χ4n) is 1.33. The Morgan fingerprint density at radius 3 is 1.88 bits per heavy atom. The van der Waals surface area contributed by atoms with Crippen molar-refractivity contribution in [3.8, 4) is 5.88 Å². The van der Waals surface area contributed by atoms with Gasteiger partial charge in [0.1, 0.15) is 5.15 Å². The molecule has 0 saturated heterocycles. The van der Waals surface area contributed by atoms with Crippen molar-refractivity contribution < 1.29 is 37.7 Å². The molecule has 0 spiro atoms. The molecule has 7 nitrogen and oxygen atoms in total. The van der Waals surface area contributed by atoms with Crippen LogP contribution in [0.15, 0.2) is 36.7 Å². The molecule has 26 heavy (non-hydrogen) atoms. The number of rotatable bonds is 4. The molecule has 0 amide bonds. The molecule has 0 fully saturated rings. The number of hydrogen-bond acceptors (Lipinski definition) is 5. The van der Waals surface area contributed by atoms with Gasteiger partial charge in [-0.3, -0.25) is 0 Å². The number of halogens is 4. The van der Waals surface area contributed by atoms with Gasteiger partial charge in [0.2, 0.25) is 5.88 Å². The predicted molar refractivity (Wildman–Crippen MR) is 83.5 cm³/mol. The van der Waals surface area contributed by atoms with Gasteiger partial charge in [0.15, 0.2) is 6.10 Å². The number of nitrogens with zero attached hydrogens (tertiary/aromatic N) is 2. The summed E-state index contributed by atoms with van der Waals surface area (Å²) in [5.41, 5.74) is 0.0245. The number of carboxylic acids is 2. The topological polar surface area (TPSA) is 110 Å². The van der Waals surface area contributed by atoms with Gasteiger partial charge in [0, 0.05) is 18.5 Å². The first-order valence-electron chi connectivity index (χ1n) is 6.78. The fraction of sp³-hybridized carbons (Fsp3) is 0.200. The second-order valence-electron chi connectivity index (χ2n) is 4.67. The number of aromatic carboxylic acids is 2. The van der Waals surface area contributed by atoms with Crippen LogP contribution in [-0.2, 0) is 0 Å². The van der Waals surface area contributed by atoms with Crippen LogP contribution in [-0.4, -0.2) is 44.4 Å². The van der Waals surface area contributed by atoms with Crippen molar-refractivity contribution in [3.63, 3.8) is 0 Å². The average molecular weight is 393 g/mol. The van der Waals surface area contributed by atoms with Gasteiger partial charge >= 0.3 is 18.1 Å². The number of hydrogen-bond donors (Lipinski definition) is 2. The first kappa shape index (κ1) is 21.2. The summed E-state index contributed by atoms with van der Waals surface area (Å²) in [5.74, 6) is -2.47. The number of carboxylic acid groups (broad SMARTS) is 2. The molecule has 1 atom stereocenters. The van der Waals surface area contributed by atoms with Crippen LogP contribution in [0.2, 0.25) is 5.15 Å². The first-order valence-corrected chi connectivity index (χ1v) is 7.16. The smallest absolute Gasteiger partial charge is 0.425 e. The van der Waals surface area contributed by atoms with Crippen LogP contribution in [0.3, 0.4) is 0 Å². The van der Waals surface area contributed by atoms with E-state index in [0.29, 0.717) is 5.15 Å². The summed E-state index contributed by atoms with van der Waals surface area (Å²) in [6.45, 7) is 0.840. The lowest BCUT2D eigenvalue weighted by Gasteiger charge is -2.16. The number of alkyl halides is 3. The monoisotopic (exact) mass is 392 g/mol. The van der Waals surface area contributed by atoms with Crippen molar-refractivity contribution in [3.05, 3.63) is 52.9 Å². The maximum absolute atomic E-state index is 12.1. The number of ether oxygens (including phenoxy) is 1. The SMILES string of the molecule is CC(Oc1ccc(C(=O)O)cn1)C(F)(F)F.O=C(O)c1ccc(Cl)nc1. The molecule has 0 saturated carbocycles. The summed E-state index contributed by atoms with van der Waals surface area (Å²) >= 11 is 5.41. The molecule has 0 radical (unpaired) electrons. The second kappa shape index (κ2) is 8.99. The maximum Gasteiger partial charge on any atom is 0.425 e. The molecule has 0 aliphatic heterocycles. The van der Waals surface area contributed by atoms with Gasteiger partial charge < -0.3 is 14.9 Å². The average Bonchev–Trinajstić information content (AvgIpc) is 2.55. The van der Waals surface area contributed by atoms with Crippen LogP contribution in [0.5, 0.6) is 5.88 Å². The highest BCUT2D eigenvalue weighted by Crippen LogP contribution is 2.23. The molecule has 2 aromatic heterocycles. The summed E-state index contributed by atoms with van der Waals surface area (Å²) in [5, 5.41) is 17.2.